The van der Waals surface area contributed by atoms with E-state index >= 15 is 0 Å². The van der Waals surface area contributed by atoms with E-state index in [2.05, 4.69) is 0 Å². The van der Waals surface area contributed by atoms with Gasteiger partial charge in [-0.15, -0.1) is 0 Å². The standard InChI is InChI=1S/C21H22O11/c22-7-16-18(27)19(28)20(29)21(32-16)30-9-4-12(25)17-13(26)6-14(31-15(17)5-9)8-1-2-10(23)11(24)3-8/h1-5,14,16,18-25,27-29H,6-7H2/t14?,16-,18-,19+,20-,21+/m1/s1. The first-order valence-electron chi connectivity index (χ1n) is 9.75. The van der Waals surface area contributed by atoms with E-state index in [0.717, 1.165) is 6.07 Å². The molecule has 1 saturated heterocycles. The van der Waals surface area contributed by atoms with Crippen LogP contribution in [0.2, 0.25) is 0 Å². The zero-order valence-corrected chi connectivity index (χ0v) is 16.5. The molecule has 2 aliphatic rings. The second-order valence-corrected chi connectivity index (χ2v) is 7.61. The summed E-state index contributed by atoms with van der Waals surface area (Å²) in [6, 6.07) is 6.37. The number of aliphatic hydroxyl groups is 4. The molecule has 172 valence electrons. The van der Waals surface area contributed by atoms with Gasteiger partial charge in [-0.25, -0.2) is 0 Å². The highest BCUT2D eigenvalue weighted by Crippen LogP contribution is 2.43. The predicted octanol–water partition coefficient (Wildman–Crippen LogP) is -0.311. The van der Waals surface area contributed by atoms with Gasteiger partial charge >= 0.3 is 0 Å². The summed E-state index contributed by atoms with van der Waals surface area (Å²) in [6.45, 7) is -0.640. The SMILES string of the molecule is O=C1CC(c2ccc(O)c(O)c2)Oc2cc(O[C@H]3O[C@H](CO)[C@@H](O)[C@H](O)[C@H]3O)cc(O)c21. The van der Waals surface area contributed by atoms with Crippen molar-refractivity contribution in [2.24, 2.45) is 0 Å². The first-order chi connectivity index (χ1) is 15.2. The van der Waals surface area contributed by atoms with Crippen molar-refractivity contribution in [3.05, 3.63) is 41.5 Å². The van der Waals surface area contributed by atoms with Gasteiger partial charge in [0.1, 0.15) is 53.3 Å². The Morgan fingerprint density at radius 3 is 2.38 bits per heavy atom. The predicted molar refractivity (Wildman–Crippen MR) is 105 cm³/mol. The maximum absolute atomic E-state index is 12.6. The lowest BCUT2D eigenvalue weighted by Crippen LogP contribution is -2.60. The molecule has 2 aromatic rings. The van der Waals surface area contributed by atoms with Gasteiger partial charge in [-0.2, -0.15) is 0 Å². The lowest BCUT2D eigenvalue weighted by atomic mass is 9.95. The highest BCUT2D eigenvalue weighted by atomic mass is 16.7. The van der Waals surface area contributed by atoms with Crippen molar-refractivity contribution in [2.75, 3.05) is 6.61 Å². The summed E-state index contributed by atoms with van der Waals surface area (Å²) < 4.78 is 16.6. The van der Waals surface area contributed by atoms with Crippen LogP contribution < -0.4 is 9.47 Å². The monoisotopic (exact) mass is 450 g/mol. The number of aliphatic hydroxyl groups excluding tert-OH is 4. The minimum atomic E-state index is -1.67. The van der Waals surface area contributed by atoms with Crippen molar-refractivity contribution >= 4 is 5.78 Å². The number of carbonyl (C=O) groups excluding carboxylic acids is 1. The summed E-state index contributed by atoms with van der Waals surface area (Å²) in [5, 5.41) is 68.8. The van der Waals surface area contributed by atoms with E-state index in [0.29, 0.717) is 5.56 Å². The topological polar surface area (TPSA) is 186 Å². The molecule has 1 fully saturated rings. The van der Waals surface area contributed by atoms with Crippen LogP contribution in [-0.4, -0.2) is 78.8 Å². The van der Waals surface area contributed by atoms with Gasteiger partial charge in [0.25, 0.3) is 0 Å². The van der Waals surface area contributed by atoms with E-state index in [1.807, 2.05) is 0 Å². The molecule has 1 unspecified atom stereocenters. The molecule has 7 N–H and O–H groups in total. The van der Waals surface area contributed by atoms with Crippen molar-refractivity contribution in [2.45, 2.75) is 43.2 Å². The fourth-order valence-corrected chi connectivity index (χ4v) is 3.71. The Kier molecular flexibility index (Phi) is 5.84. The van der Waals surface area contributed by atoms with Gasteiger partial charge in [-0.05, 0) is 17.7 Å². The maximum atomic E-state index is 12.6. The van der Waals surface area contributed by atoms with Crippen molar-refractivity contribution in [3.8, 4) is 28.7 Å². The highest BCUT2D eigenvalue weighted by molar-refractivity contribution is 6.02. The van der Waals surface area contributed by atoms with Crippen LogP contribution in [0, 0.1) is 0 Å². The van der Waals surface area contributed by atoms with Crippen LogP contribution in [0.5, 0.6) is 28.7 Å². The number of phenols is 3. The second-order valence-electron chi connectivity index (χ2n) is 7.61. The molecule has 4 rings (SSSR count). The van der Waals surface area contributed by atoms with Crippen molar-refractivity contribution in [1.29, 1.82) is 0 Å². The van der Waals surface area contributed by atoms with Crippen LogP contribution in [0.4, 0.5) is 0 Å². The Bertz CT molecular complexity index is 1020. The van der Waals surface area contributed by atoms with E-state index in [1.165, 1.54) is 24.3 Å². The van der Waals surface area contributed by atoms with Crippen molar-refractivity contribution in [1.82, 2.24) is 0 Å². The molecule has 6 atom stereocenters. The molecule has 0 amide bonds. The number of aromatic hydroxyl groups is 3. The summed E-state index contributed by atoms with van der Waals surface area (Å²) in [6.07, 6.45) is -8.50. The lowest BCUT2D eigenvalue weighted by Gasteiger charge is -2.39. The van der Waals surface area contributed by atoms with Gasteiger partial charge in [-0.3, -0.25) is 4.79 Å². The second kappa shape index (κ2) is 8.45. The molecule has 0 aromatic heterocycles. The number of rotatable bonds is 4. The van der Waals surface area contributed by atoms with Crippen molar-refractivity contribution < 1.29 is 54.8 Å². The van der Waals surface area contributed by atoms with E-state index in [-0.39, 0.29) is 35.0 Å². The minimum absolute atomic E-state index is 0.0293. The molecule has 32 heavy (non-hydrogen) atoms. The van der Waals surface area contributed by atoms with Gasteiger partial charge in [0.2, 0.25) is 6.29 Å². The molecular weight excluding hydrogens is 428 g/mol. The molecule has 0 bridgehead atoms. The van der Waals surface area contributed by atoms with Crippen LogP contribution in [0.3, 0.4) is 0 Å². The number of benzene rings is 2. The molecule has 2 aromatic carbocycles. The normalized spacial score (nSPS) is 29.8. The van der Waals surface area contributed by atoms with Crippen LogP contribution in [-0.2, 0) is 4.74 Å². The Hall–Kier alpha value is -3.09. The largest absolute Gasteiger partial charge is 0.507 e. The summed E-state index contributed by atoms with van der Waals surface area (Å²) in [5.41, 5.74) is 0.337. The summed E-state index contributed by atoms with van der Waals surface area (Å²) in [4.78, 5) is 12.6. The molecular formula is C21H22O11. The average Bonchev–Trinajstić information content (AvgIpc) is 2.75. The smallest absolute Gasteiger partial charge is 0.229 e. The first kappa shape index (κ1) is 22.1. The van der Waals surface area contributed by atoms with Gasteiger partial charge in [0.15, 0.2) is 17.3 Å². The number of phenolic OH excluding ortho intramolecular Hbond substituents is 3. The fraction of sp³-hybridized carbons (Fsp3) is 0.381. The number of ketones is 1. The molecule has 11 heteroatoms. The molecule has 0 saturated carbocycles. The van der Waals surface area contributed by atoms with Crippen LogP contribution in [0.1, 0.15) is 28.4 Å². The van der Waals surface area contributed by atoms with Crippen molar-refractivity contribution in [3.63, 3.8) is 0 Å². The molecule has 2 aliphatic heterocycles. The number of fused-ring (bicyclic) bond motifs is 1. The number of carbonyl (C=O) groups is 1. The average molecular weight is 450 g/mol. The van der Waals surface area contributed by atoms with E-state index in [4.69, 9.17) is 14.2 Å². The fourth-order valence-electron chi connectivity index (χ4n) is 3.71. The number of ether oxygens (including phenoxy) is 3. The van der Waals surface area contributed by atoms with Crippen LogP contribution in [0.15, 0.2) is 30.3 Å². The first-order valence-corrected chi connectivity index (χ1v) is 9.75. The molecule has 0 spiro atoms. The third kappa shape index (κ3) is 3.92. The van der Waals surface area contributed by atoms with Gasteiger partial charge in [0, 0.05) is 12.1 Å². The molecule has 11 nitrogen and oxygen atoms in total. The third-order valence-electron chi connectivity index (χ3n) is 5.45. The zero-order valence-electron chi connectivity index (χ0n) is 16.5. The van der Waals surface area contributed by atoms with E-state index in [1.54, 1.807) is 0 Å². The number of hydrogen-bond acceptors (Lipinski definition) is 11. The summed E-state index contributed by atoms with van der Waals surface area (Å²) >= 11 is 0. The maximum Gasteiger partial charge on any atom is 0.229 e. The minimum Gasteiger partial charge on any atom is -0.507 e. The zero-order chi connectivity index (χ0) is 23.2. The van der Waals surface area contributed by atoms with Gasteiger partial charge in [0.05, 0.1) is 13.0 Å². The Morgan fingerprint density at radius 1 is 0.938 bits per heavy atom. The third-order valence-corrected chi connectivity index (χ3v) is 5.45. The van der Waals surface area contributed by atoms with E-state index < -0.39 is 54.9 Å². The highest BCUT2D eigenvalue weighted by Gasteiger charge is 2.45. The van der Waals surface area contributed by atoms with E-state index in [9.17, 15) is 40.5 Å². The van der Waals surface area contributed by atoms with Crippen LogP contribution >= 0.6 is 0 Å². The van der Waals surface area contributed by atoms with Gasteiger partial charge in [-0.1, -0.05) is 6.07 Å². The lowest BCUT2D eigenvalue weighted by molar-refractivity contribution is -0.277. The number of Topliss-reactive ketones (excluding diaryl/α,β-unsaturated/α-hetero) is 1. The van der Waals surface area contributed by atoms with Crippen LogP contribution in [0.25, 0.3) is 0 Å². The summed E-state index contributed by atoms with van der Waals surface area (Å²) in [7, 11) is 0. The molecule has 0 aliphatic carbocycles. The summed E-state index contributed by atoms with van der Waals surface area (Å²) in [5.74, 6) is -1.69. The molecule has 0 radical (unpaired) electrons. The Morgan fingerprint density at radius 2 is 1.69 bits per heavy atom. The molecule has 2 heterocycles. The number of hydrogen-bond donors (Lipinski definition) is 7. The Balaban J connectivity index is 1.60. The quantitative estimate of drug-likeness (QED) is 0.303. The van der Waals surface area contributed by atoms with Gasteiger partial charge < -0.3 is 50.0 Å². The Labute approximate surface area is 181 Å².